The maximum absolute atomic E-state index is 5.49. The Morgan fingerprint density at radius 2 is 2.05 bits per heavy atom. The van der Waals surface area contributed by atoms with Gasteiger partial charge in [-0.25, -0.2) is 0 Å². The highest BCUT2D eigenvalue weighted by atomic mass is 16.7. The number of hydrogen-bond donors (Lipinski definition) is 1. The van der Waals surface area contributed by atoms with E-state index in [1.165, 1.54) is 44.3 Å². The third-order valence-electron chi connectivity index (χ3n) is 5.22. The third-order valence-corrected chi connectivity index (χ3v) is 5.22. The Hall–Kier alpha value is -1.26. The predicted molar refractivity (Wildman–Crippen MR) is 81.7 cm³/mol. The van der Waals surface area contributed by atoms with Gasteiger partial charge in [0.15, 0.2) is 11.5 Å². The van der Waals surface area contributed by atoms with E-state index in [2.05, 4.69) is 29.3 Å². The number of hydrogen-bond acceptors (Lipinski definition) is 4. The number of fused-ring (bicyclic) bond motifs is 2. The van der Waals surface area contributed by atoms with Crippen LogP contribution in [-0.4, -0.2) is 36.9 Å². The second kappa shape index (κ2) is 5.50. The van der Waals surface area contributed by atoms with Gasteiger partial charge in [-0.2, -0.15) is 0 Å². The van der Waals surface area contributed by atoms with Crippen molar-refractivity contribution >= 4 is 0 Å². The van der Waals surface area contributed by atoms with Gasteiger partial charge in [0.2, 0.25) is 6.79 Å². The minimum Gasteiger partial charge on any atom is -0.454 e. The van der Waals surface area contributed by atoms with Crippen molar-refractivity contribution in [2.24, 2.45) is 0 Å². The van der Waals surface area contributed by atoms with E-state index in [4.69, 9.17) is 9.47 Å². The van der Waals surface area contributed by atoms with Crippen LogP contribution >= 0.6 is 0 Å². The minimum atomic E-state index is 0.347. The van der Waals surface area contributed by atoms with E-state index in [1.54, 1.807) is 0 Å². The molecule has 21 heavy (non-hydrogen) atoms. The first kappa shape index (κ1) is 13.4. The number of piperidine rings is 1. The molecule has 1 N–H and O–H groups in total. The van der Waals surface area contributed by atoms with Gasteiger partial charge >= 0.3 is 0 Å². The number of rotatable bonds is 3. The molecule has 3 aliphatic heterocycles. The lowest BCUT2D eigenvalue weighted by Gasteiger charge is -2.34. The molecule has 0 radical (unpaired) electrons. The van der Waals surface area contributed by atoms with Crippen molar-refractivity contribution in [2.45, 2.75) is 50.7 Å². The zero-order chi connectivity index (χ0) is 14.2. The van der Waals surface area contributed by atoms with E-state index in [0.717, 1.165) is 17.5 Å². The average molecular weight is 288 g/mol. The fraction of sp³-hybridized carbons (Fsp3) is 0.647. The fourth-order valence-corrected chi connectivity index (χ4v) is 4.04. The quantitative estimate of drug-likeness (QED) is 0.927. The van der Waals surface area contributed by atoms with E-state index in [1.807, 2.05) is 6.07 Å². The molecule has 3 aliphatic rings. The zero-order valence-corrected chi connectivity index (χ0v) is 12.7. The molecule has 0 aliphatic carbocycles. The summed E-state index contributed by atoms with van der Waals surface area (Å²) in [6.45, 7) is 5.15. The van der Waals surface area contributed by atoms with Gasteiger partial charge in [0.25, 0.3) is 0 Å². The van der Waals surface area contributed by atoms with Crippen LogP contribution in [0, 0.1) is 0 Å². The van der Waals surface area contributed by atoms with Crippen molar-refractivity contribution in [1.82, 2.24) is 10.2 Å². The Labute approximate surface area is 126 Å². The van der Waals surface area contributed by atoms with Crippen LogP contribution in [0.25, 0.3) is 0 Å². The van der Waals surface area contributed by atoms with E-state index in [0.29, 0.717) is 18.9 Å². The molecule has 4 heteroatoms. The van der Waals surface area contributed by atoms with Crippen LogP contribution in [-0.2, 0) is 0 Å². The molecular formula is C17H24N2O2. The molecule has 0 amide bonds. The second-order valence-electron chi connectivity index (χ2n) is 6.50. The van der Waals surface area contributed by atoms with Crippen LogP contribution in [0.4, 0.5) is 0 Å². The molecule has 2 fully saturated rings. The second-order valence-corrected chi connectivity index (χ2v) is 6.50. The van der Waals surface area contributed by atoms with Gasteiger partial charge < -0.3 is 14.8 Å². The van der Waals surface area contributed by atoms with Gasteiger partial charge in [-0.05, 0) is 50.4 Å². The molecule has 1 aromatic carbocycles. The summed E-state index contributed by atoms with van der Waals surface area (Å²) in [5.74, 6) is 1.75. The molecule has 2 saturated heterocycles. The molecule has 114 valence electrons. The molecule has 0 aromatic heterocycles. The Morgan fingerprint density at radius 1 is 1.14 bits per heavy atom. The van der Waals surface area contributed by atoms with Crippen LogP contribution in [0.2, 0.25) is 0 Å². The number of ether oxygens (including phenoxy) is 2. The molecule has 0 saturated carbocycles. The van der Waals surface area contributed by atoms with Crippen molar-refractivity contribution in [3.05, 3.63) is 23.8 Å². The van der Waals surface area contributed by atoms with Crippen LogP contribution in [0.3, 0.4) is 0 Å². The predicted octanol–water partition coefficient (Wildman–Crippen LogP) is 2.69. The first-order valence-corrected chi connectivity index (χ1v) is 8.21. The van der Waals surface area contributed by atoms with Crippen LogP contribution in [0.5, 0.6) is 11.5 Å². The van der Waals surface area contributed by atoms with Gasteiger partial charge in [-0.3, -0.25) is 4.90 Å². The molecule has 0 spiro atoms. The van der Waals surface area contributed by atoms with Crippen LogP contribution in [0.15, 0.2) is 18.2 Å². The lowest BCUT2D eigenvalue weighted by Crippen LogP contribution is -2.45. The van der Waals surface area contributed by atoms with Gasteiger partial charge in [0.05, 0.1) is 0 Å². The molecule has 3 heterocycles. The summed E-state index contributed by atoms with van der Waals surface area (Å²) in [4.78, 5) is 2.67. The molecule has 3 unspecified atom stereocenters. The number of nitrogens with one attached hydrogen (secondary N) is 1. The third kappa shape index (κ3) is 2.51. The Balaban J connectivity index is 1.44. The topological polar surface area (TPSA) is 33.7 Å². The number of nitrogens with zero attached hydrogens (tertiary/aromatic N) is 1. The SMILES string of the molecule is CC(NC1CCN2CCCCC12)c1ccc2c(c1)OCO2. The van der Waals surface area contributed by atoms with Gasteiger partial charge in [-0.1, -0.05) is 12.5 Å². The molecule has 4 rings (SSSR count). The average Bonchev–Trinajstić information content (AvgIpc) is 3.13. The molecule has 3 atom stereocenters. The fourth-order valence-electron chi connectivity index (χ4n) is 4.04. The summed E-state index contributed by atoms with van der Waals surface area (Å²) in [6, 6.07) is 8.02. The first-order chi connectivity index (χ1) is 10.3. The molecule has 1 aromatic rings. The minimum absolute atomic E-state index is 0.347. The first-order valence-electron chi connectivity index (χ1n) is 8.21. The maximum atomic E-state index is 5.49. The summed E-state index contributed by atoms with van der Waals surface area (Å²) in [7, 11) is 0. The van der Waals surface area contributed by atoms with Gasteiger partial charge in [0, 0.05) is 24.7 Å². The Morgan fingerprint density at radius 3 is 3.00 bits per heavy atom. The van der Waals surface area contributed by atoms with Crippen molar-refractivity contribution < 1.29 is 9.47 Å². The summed E-state index contributed by atoms with van der Waals surface area (Å²) >= 11 is 0. The Kier molecular flexibility index (Phi) is 3.51. The van der Waals surface area contributed by atoms with Crippen LogP contribution in [0.1, 0.15) is 44.2 Å². The van der Waals surface area contributed by atoms with Crippen molar-refractivity contribution in [2.75, 3.05) is 19.9 Å². The normalized spacial score (nSPS) is 29.4. The number of benzene rings is 1. The Bertz CT molecular complexity index is 520. The summed E-state index contributed by atoms with van der Waals surface area (Å²) in [5.41, 5.74) is 1.29. The highest BCUT2D eigenvalue weighted by Gasteiger charge is 2.35. The molecule has 0 bridgehead atoms. The van der Waals surface area contributed by atoms with E-state index < -0.39 is 0 Å². The van der Waals surface area contributed by atoms with E-state index in [-0.39, 0.29) is 0 Å². The lowest BCUT2D eigenvalue weighted by atomic mass is 9.97. The summed E-state index contributed by atoms with van der Waals surface area (Å²) in [6.07, 6.45) is 5.39. The molecular weight excluding hydrogens is 264 g/mol. The monoisotopic (exact) mass is 288 g/mol. The van der Waals surface area contributed by atoms with Crippen molar-refractivity contribution in [3.63, 3.8) is 0 Å². The summed E-state index contributed by atoms with van der Waals surface area (Å²) in [5, 5.41) is 3.85. The standard InChI is InChI=1S/C17H24N2O2/c1-12(13-5-6-16-17(10-13)21-11-20-16)18-14-7-9-19-8-3-2-4-15(14)19/h5-6,10,12,14-15,18H,2-4,7-9,11H2,1H3. The highest BCUT2D eigenvalue weighted by Crippen LogP contribution is 2.35. The van der Waals surface area contributed by atoms with Crippen LogP contribution < -0.4 is 14.8 Å². The largest absolute Gasteiger partial charge is 0.454 e. The zero-order valence-electron chi connectivity index (χ0n) is 12.7. The van der Waals surface area contributed by atoms with Gasteiger partial charge in [-0.15, -0.1) is 0 Å². The van der Waals surface area contributed by atoms with E-state index >= 15 is 0 Å². The smallest absolute Gasteiger partial charge is 0.231 e. The van der Waals surface area contributed by atoms with Crippen molar-refractivity contribution in [3.8, 4) is 11.5 Å². The van der Waals surface area contributed by atoms with E-state index in [9.17, 15) is 0 Å². The lowest BCUT2D eigenvalue weighted by molar-refractivity contribution is 0.173. The van der Waals surface area contributed by atoms with Gasteiger partial charge in [0.1, 0.15) is 0 Å². The summed E-state index contributed by atoms with van der Waals surface area (Å²) < 4.78 is 10.9. The highest BCUT2D eigenvalue weighted by molar-refractivity contribution is 5.45. The van der Waals surface area contributed by atoms with Crippen molar-refractivity contribution in [1.29, 1.82) is 0 Å². The maximum Gasteiger partial charge on any atom is 0.231 e. The molecule has 4 nitrogen and oxygen atoms in total.